The van der Waals surface area contributed by atoms with Crippen LogP contribution in [0.1, 0.15) is 25.7 Å². The Kier molecular flexibility index (Phi) is 3.97. The van der Waals surface area contributed by atoms with Crippen LogP contribution in [0, 0.1) is 5.41 Å². The lowest BCUT2D eigenvalue weighted by Gasteiger charge is -2.42. The van der Waals surface area contributed by atoms with E-state index in [4.69, 9.17) is 0 Å². The summed E-state index contributed by atoms with van der Waals surface area (Å²) in [6, 6.07) is 0. The van der Waals surface area contributed by atoms with E-state index in [0.29, 0.717) is 5.75 Å². The summed E-state index contributed by atoms with van der Waals surface area (Å²) in [4.78, 5) is 25.6. The second-order valence-corrected chi connectivity index (χ2v) is 5.82. The van der Waals surface area contributed by atoms with Crippen molar-refractivity contribution in [2.75, 3.05) is 31.6 Å². The van der Waals surface area contributed by atoms with Gasteiger partial charge >= 0.3 is 0 Å². The lowest BCUT2D eigenvalue weighted by atomic mass is 9.72. The summed E-state index contributed by atoms with van der Waals surface area (Å²) in [6.07, 6.45) is 5.67. The van der Waals surface area contributed by atoms with Crippen molar-refractivity contribution in [1.82, 2.24) is 10.2 Å². The maximum atomic E-state index is 12.0. The summed E-state index contributed by atoms with van der Waals surface area (Å²) in [7, 11) is 0. The number of thioether (sulfide) groups is 1. The zero-order chi connectivity index (χ0) is 12.3. The van der Waals surface area contributed by atoms with Gasteiger partial charge in [0.1, 0.15) is 0 Å². The highest BCUT2D eigenvalue weighted by Crippen LogP contribution is 2.38. The Morgan fingerprint density at radius 1 is 1.41 bits per heavy atom. The molecule has 0 saturated carbocycles. The fourth-order valence-electron chi connectivity index (χ4n) is 2.81. The number of likely N-dealkylation sites (tertiary alicyclic amines) is 1. The molecule has 0 atom stereocenters. The fourth-order valence-corrected chi connectivity index (χ4v) is 3.24. The molecule has 2 fully saturated rings. The third-order valence-corrected chi connectivity index (χ3v) is 4.48. The van der Waals surface area contributed by atoms with Gasteiger partial charge in [-0.25, -0.2) is 0 Å². The van der Waals surface area contributed by atoms with Gasteiger partial charge < -0.3 is 10.2 Å². The standard InChI is InChI=1S/C12H20N2O2S/c1-17-9-10(15)14-7-4-12(5-8-14)3-2-6-13-11(12)16/h2-9H2,1H3,(H,13,16). The van der Waals surface area contributed by atoms with Crippen LogP contribution in [0.25, 0.3) is 0 Å². The van der Waals surface area contributed by atoms with Crippen molar-refractivity contribution in [3.05, 3.63) is 0 Å². The van der Waals surface area contributed by atoms with E-state index in [1.165, 1.54) is 0 Å². The van der Waals surface area contributed by atoms with E-state index in [0.717, 1.165) is 45.3 Å². The average molecular weight is 256 g/mol. The summed E-state index contributed by atoms with van der Waals surface area (Å²) < 4.78 is 0. The van der Waals surface area contributed by atoms with Crippen LogP contribution < -0.4 is 5.32 Å². The topological polar surface area (TPSA) is 49.4 Å². The summed E-state index contributed by atoms with van der Waals surface area (Å²) in [5.41, 5.74) is -0.172. The molecular weight excluding hydrogens is 236 g/mol. The number of hydrogen-bond acceptors (Lipinski definition) is 3. The Labute approximate surface area is 106 Å². The largest absolute Gasteiger partial charge is 0.356 e. The Hall–Kier alpha value is -0.710. The van der Waals surface area contributed by atoms with Gasteiger partial charge in [-0.1, -0.05) is 0 Å². The van der Waals surface area contributed by atoms with Crippen LogP contribution in [-0.4, -0.2) is 48.4 Å². The monoisotopic (exact) mass is 256 g/mol. The third kappa shape index (κ3) is 2.59. The van der Waals surface area contributed by atoms with Crippen LogP contribution in [0.4, 0.5) is 0 Å². The number of hydrogen-bond donors (Lipinski definition) is 1. The van der Waals surface area contributed by atoms with E-state index in [9.17, 15) is 9.59 Å². The Morgan fingerprint density at radius 3 is 2.71 bits per heavy atom. The number of nitrogens with one attached hydrogen (secondary N) is 1. The Morgan fingerprint density at radius 2 is 2.12 bits per heavy atom. The first-order valence-corrected chi connectivity index (χ1v) is 7.62. The lowest BCUT2D eigenvalue weighted by molar-refractivity contribution is -0.141. The van der Waals surface area contributed by atoms with E-state index in [1.807, 2.05) is 11.2 Å². The predicted molar refractivity (Wildman–Crippen MR) is 68.9 cm³/mol. The molecular formula is C12H20N2O2S. The summed E-state index contributed by atoms with van der Waals surface area (Å²) >= 11 is 1.56. The first-order chi connectivity index (χ1) is 8.18. The molecule has 0 radical (unpaired) electrons. The molecule has 2 aliphatic rings. The highest BCUT2D eigenvalue weighted by molar-refractivity contribution is 7.99. The molecule has 17 heavy (non-hydrogen) atoms. The number of carbonyl (C=O) groups excluding carboxylic acids is 2. The molecule has 2 heterocycles. The van der Waals surface area contributed by atoms with Gasteiger partial charge in [-0.2, -0.15) is 11.8 Å². The molecule has 2 amide bonds. The molecule has 1 N–H and O–H groups in total. The van der Waals surface area contributed by atoms with Gasteiger partial charge in [-0.15, -0.1) is 0 Å². The smallest absolute Gasteiger partial charge is 0.232 e. The minimum Gasteiger partial charge on any atom is -0.356 e. The first-order valence-electron chi connectivity index (χ1n) is 6.23. The molecule has 96 valence electrons. The number of piperidine rings is 2. The average Bonchev–Trinajstić information content (AvgIpc) is 2.34. The van der Waals surface area contributed by atoms with Crippen molar-refractivity contribution in [2.45, 2.75) is 25.7 Å². The molecule has 0 bridgehead atoms. The van der Waals surface area contributed by atoms with Crippen LogP contribution in [-0.2, 0) is 9.59 Å². The van der Waals surface area contributed by atoms with E-state index in [2.05, 4.69) is 5.32 Å². The summed E-state index contributed by atoms with van der Waals surface area (Å²) in [6.45, 7) is 2.30. The molecule has 2 rings (SSSR count). The normalized spacial score (nSPS) is 23.6. The molecule has 0 aromatic carbocycles. The number of rotatable bonds is 2. The minimum atomic E-state index is -0.172. The Bertz CT molecular complexity index is 312. The molecule has 0 aliphatic carbocycles. The van der Waals surface area contributed by atoms with Gasteiger partial charge in [0.25, 0.3) is 0 Å². The van der Waals surface area contributed by atoms with E-state index in [-0.39, 0.29) is 17.2 Å². The van der Waals surface area contributed by atoms with Gasteiger partial charge in [0.05, 0.1) is 11.2 Å². The third-order valence-electron chi connectivity index (χ3n) is 3.94. The van der Waals surface area contributed by atoms with Crippen LogP contribution in [0.15, 0.2) is 0 Å². The van der Waals surface area contributed by atoms with E-state index < -0.39 is 0 Å². The summed E-state index contributed by atoms with van der Waals surface area (Å²) in [5.74, 6) is 0.975. The second kappa shape index (κ2) is 5.29. The molecule has 1 spiro atoms. The molecule has 4 nitrogen and oxygen atoms in total. The molecule has 0 unspecified atom stereocenters. The number of amides is 2. The van der Waals surface area contributed by atoms with Crippen molar-refractivity contribution >= 4 is 23.6 Å². The van der Waals surface area contributed by atoms with Crippen LogP contribution >= 0.6 is 11.8 Å². The van der Waals surface area contributed by atoms with Gasteiger partial charge in [0.15, 0.2) is 0 Å². The molecule has 5 heteroatoms. The van der Waals surface area contributed by atoms with Gasteiger partial charge in [-0.05, 0) is 31.9 Å². The van der Waals surface area contributed by atoms with Crippen molar-refractivity contribution in [3.8, 4) is 0 Å². The van der Waals surface area contributed by atoms with E-state index in [1.54, 1.807) is 11.8 Å². The highest BCUT2D eigenvalue weighted by atomic mass is 32.2. The quantitative estimate of drug-likeness (QED) is 0.797. The highest BCUT2D eigenvalue weighted by Gasteiger charge is 2.43. The molecule has 0 aromatic heterocycles. The van der Waals surface area contributed by atoms with Gasteiger partial charge in [-0.3, -0.25) is 9.59 Å². The zero-order valence-corrected chi connectivity index (χ0v) is 11.1. The fraction of sp³-hybridized carbons (Fsp3) is 0.833. The minimum absolute atomic E-state index is 0.172. The maximum absolute atomic E-state index is 12.0. The van der Waals surface area contributed by atoms with Crippen molar-refractivity contribution in [2.24, 2.45) is 5.41 Å². The second-order valence-electron chi connectivity index (χ2n) is 4.95. The van der Waals surface area contributed by atoms with Crippen LogP contribution in [0.3, 0.4) is 0 Å². The van der Waals surface area contributed by atoms with Crippen molar-refractivity contribution in [1.29, 1.82) is 0 Å². The lowest BCUT2D eigenvalue weighted by Crippen LogP contribution is -2.53. The first kappa shape index (κ1) is 12.7. The number of carbonyl (C=O) groups is 2. The maximum Gasteiger partial charge on any atom is 0.232 e. The predicted octanol–water partition coefficient (Wildman–Crippen LogP) is 0.868. The molecule has 2 aliphatic heterocycles. The SMILES string of the molecule is CSCC(=O)N1CCC2(CCCNC2=O)CC1. The zero-order valence-electron chi connectivity index (χ0n) is 10.3. The summed E-state index contributed by atoms with van der Waals surface area (Å²) in [5, 5.41) is 2.97. The molecule has 2 saturated heterocycles. The van der Waals surface area contributed by atoms with Crippen LogP contribution in [0.2, 0.25) is 0 Å². The van der Waals surface area contributed by atoms with E-state index >= 15 is 0 Å². The van der Waals surface area contributed by atoms with Gasteiger partial charge in [0.2, 0.25) is 11.8 Å². The van der Waals surface area contributed by atoms with Crippen LogP contribution in [0.5, 0.6) is 0 Å². The number of nitrogens with zero attached hydrogens (tertiary/aromatic N) is 1. The Balaban J connectivity index is 1.92. The molecule has 0 aromatic rings. The van der Waals surface area contributed by atoms with Gasteiger partial charge in [0, 0.05) is 19.6 Å². The van der Waals surface area contributed by atoms with Crippen molar-refractivity contribution < 1.29 is 9.59 Å². The van der Waals surface area contributed by atoms with Crippen molar-refractivity contribution in [3.63, 3.8) is 0 Å².